The Labute approximate surface area is 238 Å². The van der Waals surface area contributed by atoms with Crippen LogP contribution in [0.15, 0.2) is 54.6 Å². The number of hydrogen-bond acceptors (Lipinski definition) is 6. The predicted octanol–water partition coefficient (Wildman–Crippen LogP) is 5.00. The second-order valence-corrected chi connectivity index (χ2v) is 12.8. The van der Waals surface area contributed by atoms with E-state index in [2.05, 4.69) is 12.2 Å². The molecule has 5 atom stereocenters. The summed E-state index contributed by atoms with van der Waals surface area (Å²) >= 11 is 1.36. The Morgan fingerprint density at radius 1 is 1.15 bits per heavy atom. The maximum Gasteiger partial charge on any atom is 0.257 e. The van der Waals surface area contributed by atoms with Crippen molar-refractivity contribution >= 4 is 28.3 Å². The third-order valence-corrected chi connectivity index (χ3v) is 10.3. The zero-order chi connectivity index (χ0) is 28.7. The van der Waals surface area contributed by atoms with Crippen molar-refractivity contribution in [3.05, 3.63) is 82.1 Å². The monoisotopic (exact) mass is 565 g/mol. The second kappa shape index (κ2) is 11.0. The van der Waals surface area contributed by atoms with Gasteiger partial charge in [-0.25, -0.2) is 9.37 Å². The van der Waals surface area contributed by atoms with Gasteiger partial charge in [-0.1, -0.05) is 44.2 Å². The summed E-state index contributed by atoms with van der Waals surface area (Å²) in [5.41, 5.74) is 1.04. The Balaban J connectivity index is 1.47. The van der Waals surface area contributed by atoms with Crippen LogP contribution in [0.1, 0.15) is 65.5 Å². The fraction of sp³-hybridized carbons (Fsp3) is 0.452. The summed E-state index contributed by atoms with van der Waals surface area (Å²) in [7, 11) is 1.80. The molecule has 1 aromatic heterocycles. The molecule has 3 N–H and O–H groups in total. The van der Waals surface area contributed by atoms with Crippen LogP contribution in [0.5, 0.6) is 0 Å². The molecule has 0 radical (unpaired) electrons. The van der Waals surface area contributed by atoms with Crippen molar-refractivity contribution in [1.82, 2.24) is 9.88 Å². The molecule has 5 rings (SSSR count). The summed E-state index contributed by atoms with van der Waals surface area (Å²) < 4.78 is 13.4. The number of carbonyl (C=O) groups excluding carboxylic acids is 2. The standard InChI is InChI=1S/C31H36FN3O4S/c1-30-14-13-25(37)31(2,18-36)24(30)16-23-27(22(30)15-26(38)35(3)17-19-7-5-4-6-8-19)33-29(40-23)34-28(39)20-9-11-21(32)12-10-20/h4-12,22,24-25,36-37H,13-18H2,1-3H3,(H,33,34,39). The van der Waals surface area contributed by atoms with Crippen molar-refractivity contribution in [2.24, 2.45) is 16.7 Å². The first-order chi connectivity index (χ1) is 19.0. The van der Waals surface area contributed by atoms with Gasteiger partial charge in [0.15, 0.2) is 5.13 Å². The molecular formula is C31H36FN3O4S. The molecule has 1 heterocycles. The average Bonchev–Trinajstić information content (AvgIpc) is 3.34. The minimum atomic E-state index is -0.733. The fourth-order valence-corrected chi connectivity index (χ4v) is 7.81. The van der Waals surface area contributed by atoms with Crippen molar-refractivity contribution in [2.45, 2.75) is 58.1 Å². The number of thiazole rings is 1. The Morgan fingerprint density at radius 3 is 2.52 bits per heavy atom. The lowest BCUT2D eigenvalue weighted by Gasteiger charge is -2.58. The van der Waals surface area contributed by atoms with Crippen molar-refractivity contribution < 1.29 is 24.2 Å². The highest BCUT2D eigenvalue weighted by atomic mass is 32.1. The van der Waals surface area contributed by atoms with Gasteiger partial charge in [-0.3, -0.25) is 14.9 Å². The topological polar surface area (TPSA) is 103 Å². The van der Waals surface area contributed by atoms with E-state index in [1.54, 1.807) is 11.9 Å². The number of aromatic nitrogens is 1. The highest BCUT2D eigenvalue weighted by Crippen LogP contribution is 2.63. The number of nitrogens with one attached hydrogen (secondary N) is 1. The summed E-state index contributed by atoms with van der Waals surface area (Å²) in [4.78, 5) is 34.1. The Morgan fingerprint density at radius 2 is 1.85 bits per heavy atom. The molecule has 0 aliphatic heterocycles. The molecule has 5 unspecified atom stereocenters. The summed E-state index contributed by atoms with van der Waals surface area (Å²) in [6.45, 7) is 4.42. The Kier molecular flexibility index (Phi) is 7.83. The fourth-order valence-electron chi connectivity index (χ4n) is 6.75. The maximum atomic E-state index is 13.6. The molecule has 2 aliphatic carbocycles. The van der Waals surface area contributed by atoms with E-state index < -0.39 is 17.3 Å². The van der Waals surface area contributed by atoms with E-state index >= 15 is 0 Å². The number of halogens is 1. The van der Waals surface area contributed by atoms with Crippen LogP contribution in [0.2, 0.25) is 0 Å². The van der Waals surface area contributed by atoms with Crippen LogP contribution < -0.4 is 5.32 Å². The third kappa shape index (κ3) is 5.18. The van der Waals surface area contributed by atoms with E-state index in [9.17, 15) is 24.2 Å². The van der Waals surface area contributed by atoms with Gasteiger partial charge in [0.25, 0.3) is 5.91 Å². The van der Waals surface area contributed by atoms with Crippen molar-refractivity contribution in [2.75, 3.05) is 19.0 Å². The van der Waals surface area contributed by atoms with Gasteiger partial charge in [0.2, 0.25) is 5.91 Å². The summed E-state index contributed by atoms with van der Waals surface area (Å²) in [5, 5.41) is 24.7. The van der Waals surface area contributed by atoms with Gasteiger partial charge in [0, 0.05) is 41.8 Å². The first-order valence-corrected chi connectivity index (χ1v) is 14.5. The SMILES string of the molecule is CN(Cc1ccccc1)C(=O)CC1c2nc(NC(=O)c3ccc(F)cc3)sc2CC2C(C)(CO)C(O)CCC12C. The lowest BCUT2D eigenvalue weighted by molar-refractivity contribution is -0.147. The quantitative estimate of drug-likeness (QED) is 0.374. The molecule has 3 aromatic rings. The Hall–Kier alpha value is -3.14. The van der Waals surface area contributed by atoms with E-state index in [-0.39, 0.29) is 42.1 Å². The van der Waals surface area contributed by atoms with Crippen molar-refractivity contribution in [1.29, 1.82) is 0 Å². The number of fused-ring (bicyclic) bond motifs is 2. The second-order valence-electron chi connectivity index (χ2n) is 11.8. The highest BCUT2D eigenvalue weighted by Gasteiger charge is 2.59. The van der Waals surface area contributed by atoms with Crippen LogP contribution in [0.25, 0.3) is 0 Å². The van der Waals surface area contributed by atoms with Gasteiger partial charge in [0.05, 0.1) is 18.4 Å². The van der Waals surface area contributed by atoms with Gasteiger partial charge in [-0.05, 0) is 60.4 Å². The van der Waals surface area contributed by atoms with Gasteiger partial charge in [0.1, 0.15) is 5.82 Å². The number of nitrogens with zero attached hydrogens (tertiary/aromatic N) is 2. The molecule has 9 heteroatoms. The molecule has 2 aliphatic rings. The van der Waals surface area contributed by atoms with Gasteiger partial charge < -0.3 is 15.1 Å². The number of hydrogen-bond donors (Lipinski definition) is 3. The number of benzene rings is 2. The number of rotatable bonds is 7. The maximum absolute atomic E-state index is 13.6. The number of aliphatic hydroxyl groups is 2. The first-order valence-electron chi connectivity index (χ1n) is 13.7. The molecule has 0 saturated heterocycles. The van der Waals surface area contributed by atoms with Crippen molar-refractivity contribution in [3.63, 3.8) is 0 Å². The minimum absolute atomic E-state index is 0.0107. The molecule has 1 saturated carbocycles. The average molecular weight is 566 g/mol. The normalized spacial score (nSPS) is 27.4. The number of aliphatic hydroxyl groups excluding tert-OH is 2. The van der Waals surface area contributed by atoms with E-state index in [0.29, 0.717) is 36.5 Å². The van der Waals surface area contributed by atoms with Gasteiger partial charge >= 0.3 is 0 Å². The largest absolute Gasteiger partial charge is 0.396 e. The summed E-state index contributed by atoms with van der Waals surface area (Å²) in [5.74, 6) is -1.16. The van der Waals surface area contributed by atoms with Crippen LogP contribution in [0.4, 0.5) is 9.52 Å². The zero-order valence-electron chi connectivity index (χ0n) is 23.1. The van der Waals surface area contributed by atoms with Crippen LogP contribution in [-0.2, 0) is 17.8 Å². The van der Waals surface area contributed by atoms with E-state index in [1.165, 1.54) is 35.6 Å². The molecule has 2 amide bonds. The summed E-state index contributed by atoms with van der Waals surface area (Å²) in [6, 6.07) is 15.2. The molecule has 40 heavy (non-hydrogen) atoms. The molecule has 0 spiro atoms. The van der Waals surface area contributed by atoms with E-state index in [4.69, 9.17) is 4.98 Å². The number of carbonyl (C=O) groups is 2. The molecule has 2 aromatic carbocycles. The molecule has 212 valence electrons. The third-order valence-electron chi connectivity index (χ3n) is 9.29. The van der Waals surface area contributed by atoms with Crippen LogP contribution in [0, 0.1) is 22.6 Å². The predicted molar refractivity (Wildman–Crippen MR) is 152 cm³/mol. The van der Waals surface area contributed by atoms with Crippen LogP contribution in [0.3, 0.4) is 0 Å². The highest BCUT2D eigenvalue weighted by molar-refractivity contribution is 7.15. The first kappa shape index (κ1) is 28.4. The zero-order valence-corrected chi connectivity index (χ0v) is 23.9. The molecular weight excluding hydrogens is 529 g/mol. The molecule has 7 nitrogen and oxygen atoms in total. The lowest BCUT2D eigenvalue weighted by atomic mass is 9.47. The van der Waals surface area contributed by atoms with Gasteiger partial charge in [-0.2, -0.15) is 0 Å². The van der Waals surface area contributed by atoms with E-state index in [0.717, 1.165) is 16.1 Å². The summed E-state index contributed by atoms with van der Waals surface area (Å²) in [6.07, 6.45) is 1.40. The van der Waals surface area contributed by atoms with E-state index in [1.807, 2.05) is 37.3 Å². The Bertz CT molecular complexity index is 1380. The van der Waals surface area contributed by atoms with Crippen molar-refractivity contribution in [3.8, 4) is 0 Å². The minimum Gasteiger partial charge on any atom is -0.396 e. The van der Waals surface area contributed by atoms with Crippen LogP contribution in [-0.4, -0.2) is 51.7 Å². The number of amides is 2. The molecule has 1 fully saturated rings. The smallest absolute Gasteiger partial charge is 0.257 e. The molecule has 0 bridgehead atoms. The van der Waals surface area contributed by atoms with Crippen LogP contribution >= 0.6 is 11.3 Å². The number of anilines is 1. The van der Waals surface area contributed by atoms with Gasteiger partial charge in [-0.15, -0.1) is 11.3 Å². The lowest BCUT2D eigenvalue weighted by Crippen LogP contribution is -2.57.